The van der Waals surface area contributed by atoms with Gasteiger partial charge in [-0.15, -0.1) is 0 Å². The third-order valence-electron chi connectivity index (χ3n) is 3.64. The number of carbonyl (C=O) groups excluding carboxylic acids is 1. The molecule has 0 fully saturated rings. The second-order valence-corrected chi connectivity index (χ2v) is 6.55. The normalized spacial score (nSPS) is 12.1. The van der Waals surface area contributed by atoms with Crippen molar-refractivity contribution < 1.29 is 18.0 Å². The topological polar surface area (TPSA) is 42.0 Å². The number of hydrogen-bond acceptors (Lipinski definition) is 2. The van der Waals surface area contributed by atoms with E-state index < -0.39 is 23.2 Å². The lowest BCUT2D eigenvalue weighted by Gasteiger charge is -2.19. The Morgan fingerprint density at radius 3 is 2.25 bits per heavy atom. The van der Waals surface area contributed by atoms with Gasteiger partial charge in [0.1, 0.15) is 0 Å². The molecule has 6 heteroatoms. The lowest BCUT2D eigenvalue weighted by molar-refractivity contribution is -0.138. The zero-order valence-corrected chi connectivity index (χ0v) is 13.7. The summed E-state index contributed by atoms with van der Waals surface area (Å²) in [7, 11) is 0. The van der Waals surface area contributed by atoms with Gasteiger partial charge in [-0.25, -0.2) is 0 Å². The van der Waals surface area contributed by atoms with E-state index in [2.05, 4.69) is 31.1 Å². The third-order valence-corrected chi connectivity index (χ3v) is 3.64. The van der Waals surface area contributed by atoms with E-state index in [9.17, 15) is 18.0 Å². The Morgan fingerprint density at radius 2 is 1.71 bits per heavy atom. The Balaban J connectivity index is 2.09. The number of pyridine rings is 1. The minimum Gasteiger partial charge on any atom is -0.348 e. The van der Waals surface area contributed by atoms with E-state index in [1.54, 1.807) is 0 Å². The van der Waals surface area contributed by atoms with Gasteiger partial charge in [-0.2, -0.15) is 13.2 Å². The minimum atomic E-state index is -4.59. The first-order chi connectivity index (χ1) is 11.1. The Kier molecular flexibility index (Phi) is 4.96. The van der Waals surface area contributed by atoms with Gasteiger partial charge in [0.05, 0.1) is 11.1 Å². The molecule has 1 aromatic heterocycles. The molecular weight excluding hydrogens is 317 g/mol. The Labute approximate surface area is 138 Å². The van der Waals surface area contributed by atoms with E-state index in [-0.39, 0.29) is 12.0 Å². The second kappa shape index (κ2) is 6.63. The van der Waals surface area contributed by atoms with E-state index in [1.165, 1.54) is 0 Å². The van der Waals surface area contributed by atoms with Crippen LogP contribution in [0.5, 0.6) is 0 Å². The molecule has 0 saturated carbocycles. The number of amides is 1. The predicted molar refractivity (Wildman–Crippen MR) is 85.6 cm³/mol. The van der Waals surface area contributed by atoms with Crippen LogP contribution in [0.15, 0.2) is 42.7 Å². The highest BCUT2D eigenvalue weighted by Gasteiger charge is 2.35. The standard InChI is InChI=1S/C18H19F3N2O/c1-17(2,3)13-6-4-12(5-7-13)10-23-16(24)14-11-22-9-8-15(14)18(19,20)21/h4-9,11H,10H2,1-3H3,(H,23,24). The number of halogens is 3. The summed E-state index contributed by atoms with van der Waals surface area (Å²) in [5, 5.41) is 2.51. The highest BCUT2D eigenvalue weighted by molar-refractivity contribution is 5.95. The molecule has 128 valence electrons. The van der Waals surface area contributed by atoms with E-state index >= 15 is 0 Å². The summed E-state index contributed by atoms with van der Waals surface area (Å²) in [6, 6.07) is 8.41. The molecule has 1 N–H and O–H groups in total. The number of rotatable bonds is 3. The third kappa shape index (κ3) is 4.34. The number of hydrogen-bond donors (Lipinski definition) is 1. The van der Waals surface area contributed by atoms with Crippen molar-refractivity contribution in [2.75, 3.05) is 0 Å². The average Bonchev–Trinajstić information content (AvgIpc) is 2.51. The zero-order chi connectivity index (χ0) is 18.0. The number of nitrogens with one attached hydrogen (secondary N) is 1. The van der Waals surface area contributed by atoms with Crippen molar-refractivity contribution in [3.8, 4) is 0 Å². The van der Waals surface area contributed by atoms with Crippen molar-refractivity contribution in [3.05, 3.63) is 65.0 Å². The van der Waals surface area contributed by atoms with Gasteiger partial charge >= 0.3 is 6.18 Å². The largest absolute Gasteiger partial charge is 0.417 e. The van der Waals surface area contributed by atoms with Gasteiger partial charge in [-0.05, 0) is 22.6 Å². The van der Waals surface area contributed by atoms with Gasteiger partial charge in [-0.1, -0.05) is 45.0 Å². The van der Waals surface area contributed by atoms with Gasteiger partial charge in [0.15, 0.2) is 0 Å². The maximum absolute atomic E-state index is 12.9. The Hall–Kier alpha value is -2.37. The van der Waals surface area contributed by atoms with Crippen LogP contribution in [0, 0.1) is 0 Å². The lowest BCUT2D eigenvalue weighted by Crippen LogP contribution is -2.26. The van der Waals surface area contributed by atoms with E-state index in [0.29, 0.717) is 0 Å². The van der Waals surface area contributed by atoms with Crippen LogP contribution < -0.4 is 5.32 Å². The molecule has 0 unspecified atom stereocenters. The molecule has 0 atom stereocenters. The van der Waals surface area contributed by atoms with Crippen LogP contribution in [-0.4, -0.2) is 10.9 Å². The van der Waals surface area contributed by atoms with Crippen molar-refractivity contribution >= 4 is 5.91 Å². The Bertz CT molecular complexity index is 716. The molecule has 0 aliphatic carbocycles. The van der Waals surface area contributed by atoms with E-state index in [0.717, 1.165) is 29.6 Å². The quantitative estimate of drug-likeness (QED) is 0.906. The van der Waals surface area contributed by atoms with Crippen molar-refractivity contribution in [3.63, 3.8) is 0 Å². The van der Waals surface area contributed by atoms with Gasteiger partial charge in [-0.3, -0.25) is 9.78 Å². The first kappa shape index (κ1) is 18.0. The first-order valence-corrected chi connectivity index (χ1v) is 7.48. The average molecular weight is 336 g/mol. The van der Waals surface area contributed by atoms with Gasteiger partial charge < -0.3 is 5.32 Å². The predicted octanol–water partition coefficient (Wildman–Crippen LogP) is 4.33. The van der Waals surface area contributed by atoms with Crippen molar-refractivity contribution in [1.29, 1.82) is 0 Å². The summed E-state index contributed by atoms with van der Waals surface area (Å²) in [6.45, 7) is 6.41. The molecule has 24 heavy (non-hydrogen) atoms. The lowest BCUT2D eigenvalue weighted by atomic mass is 9.87. The number of benzene rings is 1. The van der Waals surface area contributed by atoms with Crippen LogP contribution in [-0.2, 0) is 18.1 Å². The zero-order valence-electron chi connectivity index (χ0n) is 13.7. The fourth-order valence-corrected chi connectivity index (χ4v) is 2.22. The molecular formula is C18H19F3N2O. The van der Waals surface area contributed by atoms with Crippen LogP contribution >= 0.6 is 0 Å². The van der Waals surface area contributed by atoms with Crippen LogP contribution in [0.1, 0.15) is 47.8 Å². The molecule has 1 amide bonds. The molecule has 0 saturated heterocycles. The molecule has 0 spiro atoms. The van der Waals surface area contributed by atoms with Crippen LogP contribution in [0.25, 0.3) is 0 Å². The first-order valence-electron chi connectivity index (χ1n) is 7.48. The summed E-state index contributed by atoms with van der Waals surface area (Å²) >= 11 is 0. The van der Waals surface area contributed by atoms with Gasteiger partial charge in [0.25, 0.3) is 5.91 Å². The van der Waals surface area contributed by atoms with Crippen molar-refractivity contribution in [2.45, 2.75) is 38.9 Å². The number of carbonyl (C=O) groups is 1. The second-order valence-electron chi connectivity index (χ2n) is 6.55. The van der Waals surface area contributed by atoms with Crippen LogP contribution in [0.2, 0.25) is 0 Å². The van der Waals surface area contributed by atoms with Crippen LogP contribution in [0.4, 0.5) is 13.2 Å². The summed E-state index contributed by atoms with van der Waals surface area (Å²) < 4.78 is 38.8. The highest BCUT2D eigenvalue weighted by atomic mass is 19.4. The monoisotopic (exact) mass is 336 g/mol. The molecule has 1 aromatic carbocycles. The number of alkyl halides is 3. The smallest absolute Gasteiger partial charge is 0.348 e. The molecule has 0 aliphatic rings. The van der Waals surface area contributed by atoms with Crippen molar-refractivity contribution in [1.82, 2.24) is 10.3 Å². The molecule has 0 radical (unpaired) electrons. The van der Waals surface area contributed by atoms with Crippen molar-refractivity contribution in [2.24, 2.45) is 0 Å². The van der Waals surface area contributed by atoms with Crippen LogP contribution in [0.3, 0.4) is 0 Å². The SMILES string of the molecule is CC(C)(C)c1ccc(CNC(=O)c2cnccc2C(F)(F)F)cc1. The molecule has 2 rings (SSSR count). The molecule has 2 aromatic rings. The molecule has 0 bridgehead atoms. The summed E-state index contributed by atoms with van der Waals surface area (Å²) in [6.07, 6.45) is -2.64. The fourth-order valence-electron chi connectivity index (χ4n) is 2.22. The molecule has 1 heterocycles. The maximum Gasteiger partial charge on any atom is 0.417 e. The van der Waals surface area contributed by atoms with E-state index in [4.69, 9.17) is 0 Å². The Morgan fingerprint density at radius 1 is 1.08 bits per heavy atom. The molecule has 3 nitrogen and oxygen atoms in total. The number of aromatic nitrogens is 1. The number of nitrogens with zero attached hydrogens (tertiary/aromatic N) is 1. The maximum atomic E-state index is 12.9. The summed E-state index contributed by atoms with van der Waals surface area (Å²) in [4.78, 5) is 15.7. The van der Waals surface area contributed by atoms with Gasteiger partial charge in [0.2, 0.25) is 0 Å². The molecule has 0 aliphatic heterocycles. The minimum absolute atomic E-state index is 0.0130. The summed E-state index contributed by atoms with van der Waals surface area (Å²) in [5.74, 6) is -0.796. The van der Waals surface area contributed by atoms with Gasteiger partial charge in [0, 0.05) is 18.9 Å². The summed E-state index contributed by atoms with van der Waals surface area (Å²) in [5.41, 5.74) is 0.506. The highest BCUT2D eigenvalue weighted by Crippen LogP contribution is 2.31. The fraction of sp³-hybridized carbons (Fsp3) is 0.333. The van der Waals surface area contributed by atoms with E-state index in [1.807, 2.05) is 24.3 Å².